The number of carbonyl (C=O) groups excluding carboxylic acids is 1. The Balaban J connectivity index is 1.63. The Hall–Kier alpha value is -1.86. The molecule has 0 atom stereocenters. The number of nitrogens with zero attached hydrogens (tertiary/aromatic N) is 1. The maximum absolute atomic E-state index is 13.5. The minimum Gasteiger partial charge on any atom is -0.489 e. The number of halogens is 1. The largest absolute Gasteiger partial charge is 0.489 e. The van der Waals surface area contributed by atoms with Crippen LogP contribution in [0, 0.1) is 5.82 Å². The lowest BCUT2D eigenvalue weighted by Crippen LogP contribution is -2.48. The summed E-state index contributed by atoms with van der Waals surface area (Å²) in [6.45, 7) is 6.01. The molecule has 0 aliphatic carbocycles. The van der Waals surface area contributed by atoms with Gasteiger partial charge in [-0.3, -0.25) is 0 Å². The Bertz CT molecular complexity index is 592. The summed E-state index contributed by atoms with van der Waals surface area (Å²) in [6, 6.07) is 3.83. The molecule has 0 saturated carbocycles. The van der Waals surface area contributed by atoms with Crippen molar-refractivity contribution in [2.45, 2.75) is 38.6 Å². The minimum atomic E-state index is -0.526. The van der Waals surface area contributed by atoms with Crippen molar-refractivity contribution in [1.82, 2.24) is 4.90 Å². The summed E-state index contributed by atoms with van der Waals surface area (Å²) in [5.74, 6) is -0.496. The molecule has 1 aromatic carbocycles. The van der Waals surface area contributed by atoms with Crippen molar-refractivity contribution in [3.05, 3.63) is 24.0 Å². The lowest BCUT2D eigenvalue weighted by Gasteiger charge is -2.37. The molecule has 24 heavy (non-hydrogen) atoms. The normalized spacial score (nSPS) is 19.8. The summed E-state index contributed by atoms with van der Waals surface area (Å²) in [4.78, 5) is 14.2. The molecule has 2 aliphatic rings. The summed E-state index contributed by atoms with van der Waals surface area (Å²) < 4.78 is 30.5. The zero-order valence-corrected chi connectivity index (χ0v) is 14.0. The highest BCUT2D eigenvalue weighted by molar-refractivity contribution is 5.91. The molecule has 6 nitrogen and oxygen atoms in total. The fraction of sp³-hybridized carbons (Fsp3) is 0.588. The number of benzene rings is 1. The molecule has 1 spiro atoms. The first-order valence-electron chi connectivity index (χ1n) is 8.27. The molecule has 0 unspecified atom stereocenters. The van der Waals surface area contributed by atoms with E-state index in [1.807, 2.05) is 13.8 Å². The average molecular weight is 338 g/mol. The second kappa shape index (κ2) is 6.94. The van der Waals surface area contributed by atoms with Crippen molar-refractivity contribution in [1.29, 1.82) is 0 Å². The van der Waals surface area contributed by atoms with E-state index in [1.165, 1.54) is 18.2 Å². The van der Waals surface area contributed by atoms with E-state index in [0.29, 0.717) is 50.6 Å². The van der Waals surface area contributed by atoms with Crippen molar-refractivity contribution in [3.63, 3.8) is 0 Å². The van der Waals surface area contributed by atoms with E-state index >= 15 is 0 Å². The first kappa shape index (κ1) is 17.0. The topological polar surface area (TPSA) is 60.0 Å². The van der Waals surface area contributed by atoms with Crippen LogP contribution in [0.25, 0.3) is 0 Å². The third-order valence-electron chi connectivity index (χ3n) is 4.17. The predicted molar refractivity (Wildman–Crippen MR) is 86.6 cm³/mol. The zero-order chi connectivity index (χ0) is 17.2. The lowest BCUT2D eigenvalue weighted by atomic mass is 10.0. The molecular formula is C17H23FN2O4. The molecule has 7 heteroatoms. The predicted octanol–water partition coefficient (Wildman–Crippen LogP) is 2.98. The van der Waals surface area contributed by atoms with E-state index in [1.54, 1.807) is 4.90 Å². The van der Waals surface area contributed by atoms with Gasteiger partial charge in [0.1, 0.15) is 11.6 Å². The van der Waals surface area contributed by atoms with E-state index < -0.39 is 11.6 Å². The van der Waals surface area contributed by atoms with Gasteiger partial charge in [0.05, 0.1) is 25.0 Å². The Kier molecular flexibility index (Phi) is 4.91. The lowest BCUT2D eigenvalue weighted by molar-refractivity contribution is -0.181. The second-order valence-corrected chi connectivity index (χ2v) is 6.33. The van der Waals surface area contributed by atoms with Crippen molar-refractivity contribution >= 4 is 11.7 Å². The number of rotatable bonds is 3. The molecule has 1 N–H and O–H groups in total. The van der Waals surface area contributed by atoms with Crippen LogP contribution in [0.1, 0.15) is 26.7 Å². The highest BCUT2D eigenvalue weighted by Gasteiger charge is 2.40. The number of carbonyl (C=O) groups is 1. The molecule has 132 valence electrons. The van der Waals surface area contributed by atoms with Gasteiger partial charge in [-0.1, -0.05) is 0 Å². The maximum atomic E-state index is 13.5. The van der Waals surface area contributed by atoms with Crippen LogP contribution in [-0.4, -0.2) is 49.1 Å². The first-order valence-corrected chi connectivity index (χ1v) is 8.27. The number of piperidine rings is 1. The van der Waals surface area contributed by atoms with Crippen LogP contribution in [0.4, 0.5) is 14.9 Å². The van der Waals surface area contributed by atoms with Crippen LogP contribution in [0.5, 0.6) is 5.75 Å². The van der Waals surface area contributed by atoms with E-state index in [2.05, 4.69) is 5.32 Å². The monoisotopic (exact) mass is 338 g/mol. The number of urea groups is 1. The second-order valence-electron chi connectivity index (χ2n) is 6.33. The van der Waals surface area contributed by atoms with Crippen molar-refractivity contribution in [2.24, 2.45) is 0 Å². The molecule has 0 bridgehead atoms. The fourth-order valence-electron chi connectivity index (χ4n) is 2.99. The van der Waals surface area contributed by atoms with Gasteiger partial charge in [-0.05, 0) is 26.0 Å². The number of hydrogen-bond acceptors (Lipinski definition) is 4. The van der Waals surface area contributed by atoms with Gasteiger partial charge in [0.2, 0.25) is 0 Å². The Morgan fingerprint density at radius 2 is 1.96 bits per heavy atom. The van der Waals surface area contributed by atoms with Gasteiger partial charge < -0.3 is 24.4 Å². The highest BCUT2D eigenvalue weighted by atomic mass is 19.1. The van der Waals surface area contributed by atoms with Crippen LogP contribution in [0.15, 0.2) is 18.2 Å². The van der Waals surface area contributed by atoms with Crippen LogP contribution < -0.4 is 10.1 Å². The van der Waals surface area contributed by atoms with Crippen molar-refractivity contribution in [2.75, 3.05) is 31.6 Å². The SMILES string of the molecule is CC(C)Oc1ccc(F)cc1NC(=O)N1CCC2(CC1)OCCO2. The van der Waals surface area contributed by atoms with Crippen LogP contribution >= 0.6 is 0 Å². The highest BCUT2D eigenvalue weighted by Crippen LogP contribution is 2.32. The average Bonchev–Trinajstić information content (AvgIpc) is 2.98. The minimum absolute atomic E-state index is 0.0716. The molecule has 2 aliphatic heterocycles. The number of hydrogen-bond donors (Lipinski definition) is 1. The Morgan fingerprint density at radius 1 is 1.29 bits per heavy atom. The molecule has 0 radical (unpaired) electrons. The molecule has 1 aromatic rings. The molecule has 0 aromatic heterocycles. The summed E-state index contributed by atoms with van der Waals surface area (Å²) >= 11 is 0. The molecular weight excluding hydrogens is 315 g/mol. The molecule has 3 rings (SSSR count). The fourth-order valence-corrected chi connectivity index (χ4v) is 2.99. The first-order chi connectivity index (χ1) is 11.5. The van der Waals surface area contributed by atoms with Crippen LogP contribution in [-0.2, 0) is 9.47 Å². The standard InChI is InChI=1S/C17H23FN2O4/c1-12(2)24-15-4-3-13(18)11-14(15)19-16(21)20-7-5-17(6-8-20)22-9-10-23-17/h3-4,11-12H,5-10H2,1-2H3,(H,19,21). The van der Waals surface area contributed by atoms with E-state index in [9.17, 15) is 9.18 Å². The van der Waals surface area contributed by atoms with Gasteiger partial charge in [0.15, 0.2) is 5.79 Å². The maximum Gasteiger partial charge on any atom is 0.321 e. The summed E-state index contributed by atoms with van der Waals surface area (Å²) in [6.07, 6.45) is 1.20. The third kappa shape index (κ3) is 3.79. The van der Waals surface area contributed by atoms with Crippen LogP contribution in [0.2, 0.25) is 0 Å². The number of ether oxygens (including phenoxy) is 3. The van der Waals surface area contributed by atoms with Crippen LogP contribution in [0.3, 0.4) is 0 Å². The van der Waals surface area contributed by atoms with Gasteiger partial charge in [0.25, 0.3) is 0 Å². The molecule has 2 heterocycles. The quantitative estimate of drug-likeness (QED) is 0.920. The molecule has 2 amide bonds. The van der Waals surface area contributed by atoms with Gasteiger partial charge in [0, 0.05) is 32.0 Å². The molecule has 2 saturated heterocycles. The van der Waals surface area contributed by atoms with Crippen molar-refractivity contribution in [3.8, 4) is 5.75 Å². The molecule has 2 fully saturated rings. The number of nitrogens with one attached hydrogen (secondary N) is 1. The summed E-state index contributed by atoms with van der Waals surface area (Å²) in [5, 5.41) is 2.75. The van der Waals surface area contributed by atoms with Gasteiger partial charge in [-0.15, -0.1) is 0 Å². The van der Waals surface area contributed by atoms with Gasteiger partial charge in [-0.2, -0.15) is 0 Å². The van der Waals surface area contributed by atoms with E-state index in [4.69, 9.17) is 14.2 Å². The van der Waals surface area contributed by atoms with Crippen molar-refractivity contribution < 1.29 is 23.4 Å². The van der Waals surface area contributed by atoms with E-state index in [-0.39, 0.29) is 12.1 Å². The van der Waals surface area contributed by atoms with Gasteiger partial charge >= 0.3 is 6.03 Å². The number of likely N-dealkylation sites (tertiary alicyclic amines) is 1. The zero-order valence-electron chi connectivity index (χ0n) is 14.0. The third-order valence-corrected chi connectivity index (χ3v) is 4.17. The smallest absolute Gasteiger partial charge is 0.321 e. The summed E-state index contributed by atoms with van der Waals surface area (Å²) in [5.41, 5.74) is 0.336. The summed E-state index contributed by atoms with van der Waals surface area (Å²) in [7, 11) is 0. The Labute approximate surface area is 140 Å². The number of amides is 2. The van der Waals surface area contributed by atoms with Gasteiger partial charge in [-0.25, -0.2) is 9.18 Å². The number of anilines is 1. The Morgan fingerprint density at radius 3 is 2.58 bits per heavy atom. The van der Waals surface area contributed by atoms with E-state index in [0.717, 1.165) is 0 Å².